The van der Waals surface area contributed by atoms with Crippen LogP contribution in [0.5, 0.6) is 0 Å². The Morgan fingerprint density at radius 2 is 2.00 bits per heavy atom. The van der Waals surface area contributed by atoms with E-state index in [1.165, 1.54) is 12.8 Å². The molecule has 0 fully saturated rings. The number of rotatable bonds is 3. The van der Waals surface area contributed by atoms with Crippen molar-refractivity contribution >= 4 is 20.9 Å². The molecule has 0 aliphatic rings. The first-order chi connectivity index (χ1) is 6.83. The van der Waals surface area contributed by atoms with Gasteiger partial charge in [-0.2, -0.15) is 0 Å². The fourth-order valence-electron chi connectivity index (χ4n) is 1.18. The molecule has 0 amide bonds. The van der Waals surface area contributed by atoms with Crippen molar-refractivity contribution in [3.8, 4) is 9.89 Å². The third-order valence-corrected chi connectivity index (χ3v) is 4.37. The van der Waals surface area contributed by atoms with Gasteiger partial charge < -0.3 is 0 Å². The zero-order chi connectivity index (χ0) is 10.2. The third kappa shape index (κ3) is 4.71. The van der Waals surface area contributed by atoms with E-state index in [-0.39, 0.29) is 20.9 Å². The molecule has 0 heterocycles. The van der Waals surface area contributed by atoms with Gasteiger partial charge in [-0.05, 0) is 0 Å². The van der Waals surface area contributed by atoms with Crippen molar-refractivity contribution in [3.05, 3.63) is 35.9 Å². The summed E-state index contributed by atoms with van der Waals surface area (Å²) >= 11 is -0.104. The molecular formula is C13H16Te. The number of hydrogen-bond donors (Lipinski definition) is 0. The van der Waals surface area contributed by atoms with E-state index in [9.17, 15) is 0 Å². The summed E-state index contributed by atoms with van der Waals surface area (Å²) in [6.45, 7) is 4.57. The maximum absolute atomic E-state index is 3.37. The molecule has 14 heavy (non-hydrogen) atoms. The van der Waals surface area contributed by atoms with Crippen LogP contribution >= 0.6 is 0 Å². The zero-order valence-electron chi connectivity index (χ0n) is 8.79. The van der Waals surface area contributed by atoms with Crippen molar-refractivity contribution in [2.45, 2.75) is 30.7 Å². The van der Waals surface area contributed by atoms with Crippen molar-refractivity contribution in [2.24, 2.45) is 0 Å². The van der Waals surface area contributed by atoms with Crippen molar-refractivity contribution in [1.29, 1.82) is 0 Å². The summed E-state index contributed by atoms with van der Waals surface area (Å²) in [5.74, 6) is 3.24. The monoisotopic (exact) mass is 302 g/mol. The Hall–Kier alpha value is -0.430. The molecule has 0 radical (unpaired) electrons. The van der Waals surface area contributed by atoms with Gasteiger partial charge >= 0.3 is 97.4 Å². The van der Waals surface area contributed by atoms with Gasteiger partial charge in [-0.1, -0.05) is 0 Å². The van der Waals surface area contributed by atoms with E-state index in [2.05, 4.69) is 35.9 Å². The first-order valence-corrected chi connectivity index (χ1v) is 7.55. The average molecular weight is 300 g/mol. The summed E-state index contributed by atoms with van der Waals surface area (Å²) in [4.78, 5) is 0. The predicted octanol–water partition coefficient (Wildman–Crippen LogP) is 3.31. The van der Waals surface area contributed by atoms with Crippen LogP contribution in [-0.4, -0.2) is 20.9 Å². The van der Waals surface area contributed by atoms with Gasteiger partial charge in [-0.15, -0.1) is 0 Å². The van der Waals surface area contributed by atoms with Crippen LogP contribution in [0.25, 0.3) is 0 Å². The molecule has 0 aliphatic heterocycles. The normalized spacial score (nSPS) is 11.6. The molecule has 0 nitrogen and oxygen atoms in total. The minimum absolute atomic E-state index is 0.104. The molecule has 0 aromatic heterocycles. The molecule has 0 spiro atoms. The second-order valence-electron chi connectivity index (χ2n) is 3.31. The van der Waals surface area contributed by atoms with Crippen LogP contribution < -0.4 is 0 Å². The number of benzene rings is 1. The molecule has 1 aromatic carbocycles. The molecule has 0 saturated heterocycles. The quantitative estimate of drug-likeness (QED) is 0.593. The van der Waals surface area contributed by atoms with Crippen LogP contribution in [0.4, 0.5) is 0 Å². The fourth-order valence-corrected chi connectivity index (χ4v) is 3.26. The second-order valence-corrected chi connectivity index (χ2v) is 6.86. The van der Waals surface area contributed by atoms with E-state index < -0.39 is 0 Å². The van der Waals surface area contributed by atoms with Crippen molar-refractivity contribution < 1.29 is 0 Å². The number of hydrogen-bond acceptors (Lipinski definition) is 0. The van der Waals surface area contributed by atoms with Crippen molar-refractivity contribution in [2.75, 3.05) is 0 Å². The molecule has 1 atom stereocenters. The predicted molar refractivity (Wildman–Crippen MR) is 63.4 cm³/mol. The van der Waals surface area contributed by atoms with Crippen molar-refractivity contribution in [3.63, 3.8) is 0 Å². The first-order valence-electron chi connectivity index (χ1n) is 5.04. The second kappa shape index (κ2) is 6.94. The molecular weight excluding hydrogens is 284 g/mol. The first kappa shape index (κ1) is 11.6. The Kier molecular flexibility index (Phi) is 5.77. The Balaban J connectivity index is 2.41. The maximum atomic E-state index is 3.37. The summed E-state index contributed by atoms with van der Waals surface area (Å²) < 4.78 is 4.23. The summed E-state index contributed by atoms with van der Waals surface area (Å²) in [6.07, 6.45) is 2.63. The van der Waals surface area contributed by atoms with E-state index in [4.69, 9.17) is 0 Å². The molecule has 1 aromatic rings. The summed E-state index contributed by atoms with van der Waals surface area (Å²) in [5.41, 5.74) is 1.15. The molecule has 0 N–H and O–H groups in total. The Bertz CT molecular complexity index is 305. The Morgan fingerprint density at radius 3 is 2.64 bits per heavy atom. The SMILES string of the molecule is CCCC(C)[Te]C#Cc1ccccc1. The standard InChI is InChI=1S/C13H16Te/c1-3-7-12(2)14-11-10-13-8-5-4-6-9-13/h4-6,8-9,12H,3,7H2,1-2H3. The van der Waals surface area contributed by atoms with Crippen LogP contribution in [0.2, 0.25) is 3.97 Å². The summed E-state index contributed by atoms with van der Waals surface area (Å²) in [5, 5.41) is 0. The van der Waals surface area contributed by atoms with Gasteiger partial charge in [0.05, 0.1) is 0 Å². The molecule has 1 unspecified atom stereocenters. The molecule has 0 bridgehead atoms. The van der Waals surface area contributed by atoms with Crippen LogP contribution in [0.15, 0.2) is 30.3 Å². The van der Waals surface area contributed by atoms with Crippen LogP contribution in [0.1, 0.15) is 32.3 Å². The zero-order valence-corrected chi connectivity index (χ0v) is 11.1. The third-order valence-electron chi connectivity index (χ3n) is 1.92. The van der Waals surface area contributed by atoms with Gasteiger partial charge in [0.1, 0.15) is 0 Å². The van der Waals surface area contributed by atoms with Gasteiger partial charge in [0.2, 0.25) is 0 Å². The van der Waals surface area contributed by atoms with E-state index >= 15 is 0 Å². The molecule has 1 rings (SSSR count). The van der Waals surface area contributed by atoms with Crippen LogP contribution in [0.3, 0.4) is 0 Å². The summed E-state index contributed by atoms with van der Waals surface area (Å²) in [7, 11) is 0. The van der Waals surface area contributed by atoms with E-state index in [0.29, 0.717) is 0 Å². The topological polar surface area (TPSA) is 0 Å². The molecule has 0 aliphatic carbocycles. The average Bonchev–Trinajstić information content (AvgIpc) is 2.20. The summed E-state index contributed by atoms with van der Waals surface area (Å²) in [6, 6.07) is 10.3. The van der Waals surface area contributed by atoms with Crippen molar-refractivity contribution in [1.82, 2.24) is 0 Å². The Morgan fingerprint density at radius 1 is 1.29 bits per heavy atom. The minimum atomic E-state index is -0.104. The van der Waals surface area contributed by atoms with Gasteiger partial charge in [-0.25, -0.2) is 0 Å². The molecule has 74 valence electrons. The van der Waals surface area contributed by atoms with Crippen LogP contribution in [0, 0.1) is 9.89 Å². The molecule has 1 heteroatoms. The fraction of sp³-hybridized carbons (Fsp3) is 0.385. The van der Waals surface area contributed by atoms with Gasteiger partial charge in [0, 0.05) is 0 Å². The van der Waals surface area contributed by atoms with E-state index in [1.54, 1.807) is 0 Å². The molecule has 0 saturated carbocycles. The van der Waals surface area contributed by atoms with Gasteiger partial charge in [0.15, 0.2) is 0 Å². The van der Waals surface area contributed by atoms with Crippen LogP contribution in [-0.2, 0) is 0 Å². The van der Waals surface area contributed by atoms with E-state index in [0.717, 1.165) is 9.53 Å². The Labute approximate surface area is 97.2 Å². The van der Waals surface area contributed by atoms with Gasteiger partial charge in [0.25, 0.3) is 0 Å². The van der Waals surface area contributed by atoms with Gasteiger partial charge in [-0.3, -0.25) is 0 Å². The van der Waals surface area contributed by atoms with E-state index in [1.807, 2.05) is 18.2 Å².